The quantitative estimate of drug-likeness (QED) is 0.830. The summed E-state index contributed by atoms with van der Waals surface area (Å²) in [4.78, 5) is 3.98. The molecule has 0 spiro atoms. The van der Waals surface area contributed by atoms with Crippen molar-refractivity contribution >= 4 is 12.4 Å². The summed E-state index contributed by atoms with van der Waals surface area (Å²) in [5, 5.41) is 3.41. The first-order valence-electron chi connectivity index (χ1n) is 5.21. The van der Waals surface area contributed by atoms with Gasteiger partial charge in [-0.15, -0.1) is 12.4 Å². The van der Waals surface area contributed by atoms with Gasteiger partial charge in [-0.1, -0.05) is 0 Å². The van der Waals surface area contributed by atoms with Crippen LogP contribution in [0.25, 0.3) is 0 Å². The molecule has 1 aliphatic carbocycles. The second kappa shape index (κ2) is 4.37. The highest BCUT2D eigenvalue weighted by atomic mass is 35.5. The zero-order valence-electron chi connectivity index (χ0n) is 8.43. The highest BCUT2D eigenvalue weighted by Crippen LogP contribution is 2.39. The minimum Gasteiger partial charge on any atom is -0.490 e. The highest BCUT2D eigenvalue weighted by molar-refractivity contribution is 5.85. The summed E-state index contributed by atoms with van der Waals surface area (Å²) in [5.74, 6) is 2.41. The standard InChI is InChI=1S/C11H14N2O.ClH/c1-3-12-4-2-10(1)14-11-8-5-9(11)7-13-6-8;/h1-4,8-9,11,13H,5-7H2;1H/t8-,9+,11?;. The molecule has 2 bridgehead atoms. The van der Waals surface area contributed by atoms with Gasteiger partial charge in [-0.2, -0.15) is 0 Å². The van der Waals surface area contributed by atoms with Crippen LogP contribution in [0, 0.1) is 11.8 Å². The van der Waals surface area contributed by atoms with E-state index in [1.807, 2.05) is 12.1 Å². The van der Waals surface area contributed by atoms with Crippen molar-refractivity contribution in [2.75, 3.05) is 13.1 Å². The van der Waals surface area contributed by atoms with E-state index in [-0.39, 0.29) is 12.4 Å². The zero-order chi connectivity index (χ0) is 9.38. The number of pyridine rings is 1. The summed E-state index contributed by atoms with van der Waals surface area (Å²) < 4.78 is 5.94. The summed E-state index contributed by atoms with van der Waals surface area (Å²) >= 11 is 0. The molecule has 1 saturated heterocycles. The van der Waals surface area contributed by atoms with Gasteiger partial charge in [-0.3, -0.25) is 4.98 Å². The lowest BCUT2D eigenvalue weighted by Crippen LogP contribution is -2.59. The van der Waals surface area contributed by atoms with Gasteiger partial charge in [0, 0.05) is 37.3 Å². The predicted octanol–water partition coefficient (Wildman–Crippen LogP) is 1.49. The number of hydrogen-bond acceptors (Lipinski definition) is 3. The maximum absolute atomic E-state index is 5.94. The molecule has 0 amide bonds. The first-order chi connectivity index (χ1) is 6.93. The molecule has 0 aromatic carbocycles. The molecule has 2 aliphatic rings. The zero-order valence-corrected chi connectivity index (χ0v) is 9.24. The van der Waals surface area contributed by atoms with Gasteiger partial charge < -0.3 is 10.1 Å². The molecule has 0 radical (unpaired) electrons. The number of aromatic nitrogens is 1. The average molecular weight is 227 g/mol. The number of ether oxygens (including phenoxy) is 1. The summed E-state index contributed by atoms with van der Waals surface area (Å²) in [6.45, 7) is 2.23. The van der Waals surface area contributed by atoms with Crippen molar-refractivity contribution in [3.05, 3.63) is 24.5 Å². The summed E-state index contributed by atoms with van der Waals surface area (Å²) in [7, 11) is 0. The van der Waals surface area contributed by atoms with Crippen LogP contribution < -0.4 is 10.1 Å². The minimum atomic E-state index is 0. The van der Waals surface area contributed by atoms with E-state index in [4.69, 9.17) is 4.74 Å². The summed E-state index contributed by atoms with van der Waals surface area (Å²) in [6, 6.07) is 3.86. The van der Waals surface area contributed by atoms with Gasteiger partial charge in [0.25, 0.3) is 0 Å². The van der Waals surface area contributed by atoms with Gasteiger partial charge in [0.05, 0.1) is 0 Å². The van der Waals surface area contributed by atoms with Crippen molar-refractivity contribution in [1.82, 2.24) is 10.3 Å². The van der Waals surface area contributed by atoms with E-state index in [0.29, 0.717) is 6.10 Å². The van der Waals surface area contributed by atoms with E-state index in [2.05, 4.69) is 10.3 Å². The Bertz CT molecular complexity index is 306. The molecule has 1 unspecified atom stereocenters. The molecule has 2 fully saturated rings. The van der Waals surface area contributed by atoms with Crippen molar-refractivity contribution in [3.63, 3.8) is 0 Å². The van der Waals surface area contributed by atoms with Crippen molar-refractivity contribution in [3.8, 4) is 5.75 Å². The molecule has 2 heterocycles. The van der Waals surface area contributed by atoms with Gasteiger partial charge in [-0.25, -0.2) is 0 Å². The Morgan fingerprint density at radius 1 is 1.20 bits per heavy atom. The molecule has 3 nitrogen and oxygen atoms in total. The molecule has 3 atom stereocenters. The average Bonchev–Trinajstić information content (AvgIpc) is 2.28. The Labute approximate surface area is 95.6 Å². The molecule has 82 valence electrons. The molecule has 1 saturated carbocycles. The Hall–Kier alpha value is -0.800. The molecule has 1 aromatic rings. The number of nitrogens with zero attached hydrogens (tertiary/aromatic N) is 1. The van der Waals surface area contributed by atoms with Crippen molar-refractivity contribution in [2.24, 2.45) is 11.8 Å². The maximum atomic E-state index is 5.94. The van der Waals surface area contributed by atoms with E-state index < -0.39 is 0 Å². The SMILES string of the molecule is Cl.c1cc(OC2[C@@H]3CNC[C@H]2C3)ccn1. The number of nitrogens with one attached hydrogen (secondary N) is 1. The number of rotatable bonds is 2. The number of piperidine rings is 2. The van der Waals surface area contributed by atoms with Crippen molar-refractivity contribution in [2.45, 2.75) is 12.5 Å². The van der Waals surface area contributed by atoms with Crippen LogP contribution in [0.5, 0.6) is 5.75 Å². The van der Waals surface area contributed by atoms with E-state index in [1.54, 1.807) is 12.4 Å². The van der Waals surface area contributed by atoms with Gasteiger partial charge >= 0.3 is 0 Å². The van der Waals surface area contributed by atoms with Crippen LogP contribution in [0.1, 0.15) is 6.42 Å². The normalized spacial score (nSPS) is 32.4. The first-order valence-corrected chi connectivity index (χ1v) is 5.21. The highest BCUT2D eigenvalue weighted by Gasteiger charge is 2.45. The van der Waals surface area contributed by atoms with Crippen LogP contribution in [0.15, 0.2) is 24.5 Å². The molecule has 1 aromatic heterocycles. The largest absolute Gasteiger partial charge is 0.490 e. The maximum Gasteiger partial charge on any atom is 0.122 e. The van der Waals surface area contributed by atoms with Crippen molar-refractivity contribution in [1.29, 1.82) is 0 Å². The number of hydrogen-bond donors (Lipinski definition) is 1. The second-order valence-electron chi connectivity index (χ2n) is 4.18. The first kappa shape index (κ1) is 10.7. The number of halogens is 1. The second-order valence-corrected chi connectivity index (χ2v) is 4.18. The fourth-order valence-electron chi connectivity index (χ4n) is 2.47. The molecular formula is C11H15ClN2O. The molecule has 1 aliphatic heterocycles. The fourth-order valence-corrected chi connectivity index (χ4v) is 2.47. The third-order valence-corrected chi connectivity index (χ3v) is 3.27. The van der Waals surface area contributed by atoms with Gasteiger partial charge in [-0.05, 0) is 18.6 Å². The van der Waals surface area contributed by atoms with Crippen LogP contribution >= 0.6 is 12.4 Å². The van der Waals surface area contributed by atoms with Gasteiger partial charge in [0.1, 0.15) is 11.9 Å². The Kier molecular flexibility index (Phi) is 3.12. The third kappa shape index (κ3) is 1.94. The topological polar surface area (TPSA) is 34.1 Å². The molecule has 1 N–H and O–H groups in total. The lowest BCUT2D eigenvalue weighted by Gasteiger charge is -2.48. The smallest absolute Gasteiger partial charge is 0.122 e. The van der Waals surface area contributed by atoms with E-state index in [1.165, 1.54) is 6.42 Å². The molecule has 3 rings (SSSR count). The van der Waals surface area contributed by atoms with Crippen LogP contribution in [-0.4, -0.2) is 24.2 Å². The van der Waals surface area contributed by atoms with E-state index in [9.17, 15) is 0 Å². The van der Waals surface area contributed by atoms with Crippen molar-refractivity contribution < 1.29 is 4.74 Å². The van der Waals surface area contributed by atoms with E-state index >= 15 is 0 Å². The van der Waals surface area contributed by atoms with Crippen LogP contribution in [0.2, 0.25) is 0 Å². The predicted molar refractivity (Wildman–Crippen MR) is 60.4 cm³/mol. The summed E-state index contributed by atoms with van der Waals surface area (Å²) in [5.41, 5.74) is 0. The minimum absolute atomic E-state index is 0. The lowest BCUT2D eigenvalue weighted by molar-refractivity contribution is -0.0446. The Morgan fingerprint density at radius 3 is 2.47 bits per heavy atom. The molecule has 15 heavy (non-hydrogen) atoms. The molecular weight excluding hydrogens is 212 g/mol. The monoisotopic (exact) mass is 226 g/mol. The van der Waals surface area contributed by atoms with Crippen LogP contribution in [0.3, 0.4) is 0 Å². The Morgan fingerprint density at radius 2 is 1.87 bits per heavy atom. The van der Waals surface area contributed by atoms with Gasteiger partial charge in [0.2, 0.25) is 0 Å². The van der Waals surface area contributed by atoms with E-state index in [0.717, 1.165) is 30.7 Å². The number of fused-ring (bicyclic) bond motifs is 2. The van der Waals surface area contributed by atoms with Crippen LogP contribution in [0.4, 0.5) is 0 Å². The lowest BCUT2D eigenvalue weighted by atomic mass is 9.69. The van der Waals surface area contributed by atoms with Gasteiger partial charge in [0.15, 0.2) is 0 Å². The third-order valence-electron chi connectivity index (χ3n) is 3.27. The fraction of sp³-hybridized carbons (Fsp3) is 0.545. The van der Waals surface area contributed by atoms with Crippen LogP contribution in [-0.2, 0) is 0 Å². The molecule has 4 heteroatoms. The summed E-state index contributed by atoms with van der Waals surface area (Å²) in [6.07, 6.45) is 5.34. The Balaban J connectivity index is 0.000000853.